The maximum Gasteiger partial charge on any atom is 0.335 e. The normalized spacial score (nSPS) is 10.9. The van der Waals surface area contributed by atoms with E-state index in [1.54, 1.807) is 29.0 Å². The maximum atomic E-state index is 13.0. The van der Waals surface area contributed by atoms with Crippen molar-refractivity contribution in [3.63, 3.8) is 0 Å². The first-order chi connectivity index (χ1) is 13.0. The zero-order chi connectivity index (χ0) is 19.4. The molecule has 0 aliphatic heterocycles. The lowest BCUT2D eigenvalue weighted by atomic mass is 10.1. The summed E-state index contributed by atoms with van der Waals surface area (Å²) in [4.78, 5) is 32.3. The molecule has 0 saturated carbocycles. The molecule has 0 radical (unpaired) electrons. The van der Waals surface area contributed by atoms with Crippen LogP contribution in [0.1, 0.15) is 35.7 Å². The SMILES string of the molecule is CCCCNc1nc(N)nc2ccn(Cc3ccc(C(=O)O)cc3)c(=O)c12. The molecule has 0 atom stereocenters. The maximum absolute atomic E-state index is 13.0. The van der Waals surface area contributed by atoms with Gasteiger partial charge in [0.05, 0.1) is 17.6 Å². The van der Waals surface area contributed by atoms with Crippen molar-refractivity contribution in [2.24, 2.45) is 0 Å². The van der Waals surface area contributed by atoms with E-state index in [2.05, 4.69) is 22.2 Å². The molecule has 0 saturated heterocycles. The van der Waals surface area contributed by atoms with Crippen molar-refractivity contribution in [1.29, 1.82) is 0 Å². The Kier molecular flexibility index (Phi) is 5.35. The third kappa shape index (κ3) is 4.05. The summed E-state index contributed by atoms with van der Waals surface area (Å²) < 4.78 is 1.54. The Morgan fingerprint density at radius 2 is 1.96 bits per heavy atom. The molecule has 0 spiro atoms. The number of unbranched alkanes of at least 4 members (excludes halogenated alkanes) is 1. The third-order valence-corrected chi connectivity index (χ3v) is 4.22. The van der Waals surface area contributed by atoms with E-state index in [1.807, 2.05) is 0 Å². The van der Waals surface area contributed by atoms with Crippen LogP contribution in [-0.2, 0) is 6.54 Å². The van der Waals surface area contributed by atoms with Gasteiger partial charge in [-0.15, -0.1) is 0 Å². The zero-order valence-electron chi connectivity index (χ0n) is 15.0. The minimum atomic E-state index is -0.984. The molecule has 27 heavy (non-hydrogen) atoms. The fourth-order valence-corrected chi connectivity index (χ4v) is 2.78. The highest BCUT2D eigenvalue weighted by molar-refractivity contribution is 5.89. The van der Waals surface area contributed by atoms with Crippen LogP contribution in [0.5, 0.6) is 0 Å². The van der Waals surface area contributed by atoms with Crippen molar-refractivity contribution in [2.45, 2.75) is 26.3 Å². The summed E-state index contributed by atoms with van der Waals surface area (Å²) >= 11 is 0. The van der Waals surface area contributed by atoms with Crippen molar-refractivity contribution in [3.05, 3.63) is 58.0 Å². The van der Waals surface area contributed by atoms with Gasteiger partial charge in [0.2, 0.25) is 5.95 Å². The third-order valence-electron chi connectivity index (χ3n) is 4.22. The number of hydrogen-bond acceptors (Lipinski definition) is 6. The summed E-state index contributed by atoms with van der Waals surface area (Å²) in [7, 11) is 0. The highest BCUT2D eigenvalue weighted by Crippen LogP contribution is 2.18. The number of rotatable bonds is 7. The van der Waals surface area contributed by atoms with Crippen LogP contribution in [0.25, 0.3) is 10.9 Å². The number of nitrogens with zero attached hydrogens (tertiary/aromatic N) is 3. The number of aromatic carboxylic acids is 1. The summed E-state index contributed by atoms with van der Waals surface area (Å²) in [6.45, 7) is 3.08. The highest BCUT2D eigenvalue weighted by Gasteiger charge is 2.12. The van der Waals surface area contributed by atoms with Gasteiger partial charge < -0.3 is 20.7 Å². The second-order valence-corrected chi connectivity index (χ2v) is 6.22. The smallest absolute Gasteiger partial charge is 0.335 e. The largest absolute Gasteiger partial charge is 0.478 e. The van der Waals surface area contributed by atoms with E-state index in [0.29, 0.717) is 29.8 Å². The van der Waals surface area contributed by atoms with Gasteiger partial charge in [-0.25, -0.2) is 9.78 Å². The van der Waals surface area contributed by atoms with Crippen molar-refractivity contribution in [1.82, 2.24) is 14.5 Å². The van der Waals surface area contributed by atoms with E-state index in [1.165, 1.54) is 12.1 Å². The molecule has 8 nitrogen and oxygen atoms in total. The standard InChI is InChI=1S/C19H21N5O3/c1-2-3-9-21-16-15-14(22-19(20)23-16)8-10-24(17(15)25)11-12-4-6-13(7-5-12)18(26)27/h4-8,10H,2-3,9,11H2,1H3,(H,26,27)(H3,20,21,22,23). The van der Waals surface area contributed by atoms with Crippen molar-refractivity contribution >= 4 is 28.6 Å². The Hall–Kier alpha value is -3.42. The van der Waals surface area contributed by atoms with E-state index in [9.17, 15) is 9.59 Å². The molecule has 2 heterocycles. The van der Waals surface area contributed by atoms with Gasteiger partial charge in [0.1, 0.15) is 11.2 Å². The number of pyridine rings is 1. The Balaban J connectivity index is 1.98. The fraction of sp³-hybridized carbons (Fsp3) is 0.263. The minimum absolute atomic E-state index is 0.114. The Morgan fingerprint density at radius 3 is 2.63 bits per heavy atom. The molecule has 0 aliphatic carbocycles. The average molecular weight is 367 g/mol. The van der Waals surface area contributed by atoms with E-state index in [-0.39, 0.29) is 17.1 Å². The van der Waals surface area contributed by atoms with Crippen LogP contribution in [0.3, 0.4) is 0 Å². The highest BCUT2D eigenvalue weighted by atomic mass is 16.4. The second kappa shape index (κ2) is 7.86. The van der Waals surface area contributed by atoms with Crippen LogP contribution >= 0.6 is 0 Å². The zero-order valence-corrected chi connectivity index (χ0v) is 15.0. The molecule has 0 aliphatic rings. The Labute approximate surface area is 155 Å². The van der Waals surface area contributed by atoms with Crippen LogP contribution in [0.2, 0.25) is 0 Å². The van der Waals surface area contributed by atoms with Crippen LogP contribution < -0.4 is 16.6 Å². The molecule has 140 valence electrons. The number of carboxylic acid groups (broad SMARTS) is 1. The molecule has 0 amide bonds. The van der Waals surface area contributed by atoms with E-state index >= 15 is 0 Å². The molecular formula is C19H21N5O3. The molecule has 4 N–H and O–H groups in total. The Morgan fingerprint density at radius 1 is 1.22 bits per heavy atom. The van der Waals surface area contributed by atoms with Crippen LogP contribution in [0, 0.1) is 0 Å². The molecular weight excluding hydrogens is 346 g/mol. The lowest BCUT2D eigenvalue weighted by molar-refractivity contribution is 0.0697. The number of hydrogen-bond donors (Lipinski definition) is 3. The second-order valence-electron chi connectivity index (χ2n) is 6.22. The van der Waals surface area contributed by atoms with Gasteiger partial charge in [-0.2, -0.15) is 4.98 Å². The summed E-state index contributed by atoms with van der Waals surface area (Å²) in [6, 6.07) is 8.15. The summed E-state index contributed by atoms with van der Waals surface area (Å²) in [5, 5.41) is 12.5. The van der Waals surface area contributed by atoms with Crippen LogP contribution in [0.15, 0.2) is 41.3 Å². The summed E-state index contributed by atoms with van der Waals surface area (Å²) in [5.74, 6) is -0.434. The van der Waals surface area contributed by atoms with Gasteiger partial charge in [0.15, 0.2) is 0 Å². The van der Waals surface area contributed by atoms with Gasteiger partial charge in [0, 0.05) is 12.7 Å². The van der Waals surface area contributed by atoms with Crippen molar-refractivity contribution in [3.8, 4) is 0 Å². The molecule has 0 bridgehead atoms. The van der Waals surface area contributed by atoms with Gasteiger partial charge in [0.25, 0.3) is 5.56 Å². The van der Waals surface area contributed by atoms with Gasteiger partial charge in [-0.05, 0) is 30.2 Å². The lowest BCUT2D eigenvalue weighted by Crippen LogP contribution is -2.22. The average Bonchev–Trinajstić information content (AvgIpc) is 2.64. The molecule has 0 unspecified atom stereocenters. The fourth-order valence-electron chi connectivity index (χ4n) is 2.78. The van der Waals surface area contributed by atoms with Gasteiger partial charge in [-0.3, -0.25) is 4.79 Å². The molecule has 8 heteroatoms. The molecule has 3 rings (SSSR count). The van der Waals surface area contributed by atoms with Crippen molar-refractivity contribution < 1.29 is 9.90 Å². The number of fused-ring (bicyclic) bond motifs is 1. The summed E-state index contributed by atoms with van der Waals surface area (Å²) in [6.07, 6.45) is 3.61. The predicted molar refractivity (Wildman–Crippen MR) is 104 cm³/mol. The molecule has 0 fully saturated rings. The minimum Gasteiger partial charge on any atom is -0.478 e. The number of nitrogens with one attached hydrogen (secondary N) is 1. The lowest BCUT2D eigenvalue weighted by Gasteiger charge is -2.11. The topological polar surface area (TPSA) is 123 Å². The van der Waals surface area contributed by atoms with E-state index < -0.39 is 5.97 Å². The summed E-state index contributed by atoms with van der Waals surface area (Å²) in [5.41, 5.74) is 7.04. The first-order valence-electron chi connectivity index (χ1n) is 8.72. The van der Waals surface area contributed by atoms with Crippen LogP contribution in [-0.4, -0.2) is 32.2 Å². The molecule has 3 aromatic rings. The quantitative estimate of drug-likeness (QED) is 0.548. The number of carbonyl (C=O) groups is 1. The molecule has 1 aromatic carbocycles. The number of nitrogen functional groups attached to an aromatic ring is 1. The number of nitrogens with two attached hydrogens (primary N) is 1. The van der Waals surface area contributed by atoms with Crippen molar-refractivity contribution in [2.75, 3.05) is 17.6 Å². The number of aromatic nitrogens is 3. The van der Waals surface area contributed by atoms with Gasteiger partial charge >= 0.3 is 5.97 Å². The number of benzene rings is 1. The monoisotopic (exact) mass is 367 g/mol. The number of carboxylic acids is 1. The Bertz CT molecular complexity index is 1030. The van der Waals surface area contributed by atoms with E-state index in [4.69, 9.17) is 10.8 Å². The van der Waals surface area contributed by atoms with E-state index in [0.717, 1.165) is 18.4 Å². The first-order valence-corrected chi connectivity index (χ1v) is 8.72. The predicted octanol–water partition coefficient (Wildman–Crippen LogP) is 2.33. The first kappa shape index (κ1) is 18.4. The van der Waals surface area contributed by atoms with Gasteiger partial charge in [-0.1, -0.05) is 25.5 Å². The molecule has 2 aromatic heterocycles. The number of anilines is 2. The van der Waals surface area contributed by atoms with Crippen LogP contribution in [0.4, 0.5) is 11.8 Å².